The Balaban J connectivity index is 1.14. The molecule has 17 heteroatoms. The third-order valence-electron chi connectivity index (χ3n) is 11.7. The lowest BCUT2D eigenvalue weighted by atomic mass is 9.90. The Morgan fingerprint density at radius 2 is 1.71 bits per heavy atom. The fraction of sp³-hybridized carbons (Fsp3) is 0.370. The molecule has 4 bridgehead atoms. The molecule has 328 valence electrons. The number of aromatic nitrogens is 4. The van der Waals surface area contributed by atoms with Crippen molar-refractivity contribution in [3.63, 3.8) is 0 Å². The summed E-state index contributed by atoms with van der Waals surface area (Å²) in [7, 11) is 3.72. The van der Waals surface area contributed by atoms with Gasteiger partial charge in [0.1, 0.15) is 47.7 Å². The van der Waals surface area contributed by atoms with Gasteiger partial charge in [0.05, 0.1) is 47.0 Å². The normalized spacial score (nSPS) is 18.5. The molecule has 0 unspecified atom stereocenters. The summed E-state index contributed by atoms with van der Waals surface area (Å²) in [6, 6.07) is 14.6. The van der Waals surface area contributed by atoms with Gasteiger partial charge in [-0.2, -0.15) is 0 Å². The average molecular weight is 914 g/mol. The first-order chi connectivity index (χ1) is 30.6. The maximum Gasteiger partial charge on any atom is 0.345 e. The van der Waals surface area contributed by atoms with Gasteiger partial charge in [-0.25, -0.2) is 24.7 Å². The molecular formula is C46H46Cl2N6O8S. The largest absolute Gasteiger partial charge is 0.496 e. The zero-order valence-electron chi connectivity index (χ0n) is 35.2. The number of likely N-dealkylation sites (N-methyl/N-ethyl adjacent to an activating group) is 1. The lowest BCUT2D eigenvalue weighted by Crippen LogP contribution is -2.49. The van der Waals surface area contributed by atoms with Crippen molar-refractivity contribution in [2.75, 3.05) is 66.7 Å². The molecule has 10 rings (SSSR count). The summed E-state index contributed by atoms with van der Waals surface area (Å²) in [6.45, 7) is 9.24. The summed E-state index contributed by atoms with van der Waals surface area (Å²) in [5, 5.41) is 12.1. The second kappa shape index (κ2) is 18.4. The van der Waals surface area contributed by atoms with Crippen LogP contribution in [0.3, 0.4) is 0 Å². The van der Waals surface area contributed by atoms with Crippen LogP contribution in [0, 0.1) is 13.8 Å². The monoisotopic (exact) mass is 912 g/mol. The van der Waals surface area contributed by atoms with Gasteiger partial charge >= 0.3 is 5.97 Å². The molecular weight excluding hydrogens is 868 g/mol. The number of fused-ring (bicyclic) bond motifs is 7. The summed E-state index contributed by atoms with van der Waals surface area (Å²) in [5.41, 5.74) is 4.95. The van der Waals surface area contributed by atoms with Gasteiger partial charge in [-0.05, 0) is 74.0 Å². The molecule has 14 nitrogen and oxygen atoms in total. The van der Waals surface area contributed by atoms with Crippen molar-refractivity contribution in [1.29, 1.82) is 0 Å². The first kappa shape index (κ1) is 43.0. The van der Waals surface area contributed by atoms with Crippen LogP contribution in [-0.4, -0.2) is 120 Å². The zero-order chi connectivity index (χ0) is 43.8. The molecule has 2 fully saturated rings. The topological polar surface area (TPSA) is 151 Å². The van der Waals surface area contributed by atoms with Crippen LogP contribution in [-0.2, 0) is 22.6 Å². The van der Waals surface area contributed by atoms with E-state index in [0.29, 0.717) is 80.1 Å². The maximum absolute atomic E-state index is 13.3. The number of aliphatic carboxylic acids is 1. The molecule has 0 aliphatic carbocycles. The highest BCUT2D eigenvalue weighted by Crippen LogP contribution is 2.52. The van der Waals surface area contributed by atoms with Gasteiger partial charge in [-0.1, -0.05) is 35.3 Å². The standard InChI is InChI=1S/C46H46Cl2N6O8S/c1-25-36-26(2)40(48)41(39(25)47)61-31(19-54-15-13-53(3)14-16-54)23-59-30-9-10-33(60-22-29-11-12-49-43(52-29)32-7-5-6-8-34(32)57-4)27(17-30)18-35(46(55)56)62-44-38-37(36)42(28-20-58-21-28)63-45(38)51-24-50-44/h5-12,17,24,28,31,35H,13-16,18-23H2,1-4H3,(H,55,56)/t31-,35-/m1/s1. The molecule has 4 aliphatic heterocycles. The number of hydrogen-bond acceptors (Lipinski definition) is 14. The van der Waals surface area contributed by atoms with Gasteiger partial charge in [-0.3, -0.25) is 4.90 Å². The molecule has 3 aromatic heterocycles. The molecule has 2 atom stereocenters. The lowest BCUT2D eigenvalue weighted by molar-refractivity contribution is -0.145. The number of piperazine rings is 1. The third kappa shape index (κ3) is 8.82. The van der Waals surface area contributed by atoms with E-state index in [0.717, 1.165) is 58.9 Å². The van der Waals surface area contributed by atoms with Gasteiger partial charge < -0.3 is 38.4 Å². The van der Waals surface area contributed by atoms with Gasteiger partial charge in [-0.15, -0.1) is 11.3 Å². The van der Waals surface area contributed by atoms with Crippen LogP contribution in [0.1, 0.15) is 33.2 Å². The molecule has 0 saturated carbocycles. The molecule has 0 amide bonds. The number of para-hydroxylation sites is 1. The summed E-state index contributed by atoms with van der Waals surface area (Å²) in [6.07, 6.45) is 1.07. The summed E-state index contributed by atoms with van der Waals surface area (Å²) >= 11 is 16.1. The molecule has 4 aliphatic rings. The number of thiophene rings is 1. The van der Waals surface area contributed by atoms with Gasteiger partial charge in [0.25, 0.3) is 0 Å². The quantitative estimate of drug-likeness (QED) is 0.150. The summed E-state index contributed by atoms with van der Waals surface area (Å²) in [5.74, 6) is 1.40. The number of rotatable bonds is 9. The van der Waals surface area contributed by atoms with Crippen LogP contribution in [0.2, 0.25) is 10.0 Å². The highest BCUT2D eigenvalue weighted by atomic mass is 35.5. The highest BCUT2D eigenvalue weighted by molar-refractivity contribution is 7.19. The number of carbonyl (C=O) groups is 1. The SMILES string of the molecule is COc1ccccc1-c1nccc(COc2ccc3cc2C[C@H](C(=O)O)Oc2ncnc4sc(C5COC5)c(c24)-c2c(C)c(Cl)c(c(Cl)c2C)O[C@H](CN2CCN(C)CC2)CO3)n1. The Hall–Kier alpha value is -5.29. The van der Waals surface area contributed by atoms with Crippen LogP contribution in [0.5, 0.6) is 28.9 Å². The first-order valence-corrected chi connectivity index (χ1v) is 22.3. The number of ether oxygens (including phenoxy) is 6. The Morgan fingerprint density at radius 3 is 2.44 bits per heavy atom. The smallest absolute Gasteiger partial charge is 0.345 e. The predicted octanol–water partition coefficient (Wildman–Crippen LogP) is 7.90. The zero-order valence-corrected chi connectivity index (χ0v) is 37.6. The predicted molar refractivity (Wildman–Crippen MR) is 240 cm³/mol. The molecule has 63 heavy (non-hydrogen) atoms. The van der Waals surface area contributed by atoms with E-state index in [4.69, 9.17) is 56.6 Å². The maximum atomic E-state index is 13.3. The number of benzene rings is 3. The summed E-state index contributed by atoms with van der Waals surface area (Å²) < 4.78 is 37.5. The van der Waals surface area contributed by atoms with Gasteiger partial charge in [0.2, 0.25) is 12.0 Å². The van der Waals surface area contributed by atoms with Gasteiger partial charge in [0.15, 0.2) is 11.6 Å². The third-order valence-corrected chi connectivity index (χ3v) is 13.9. The van der Waals surface area contributed by atoms with E-state index in [9.17, 15) is 9.90 Å². The molecule has 2 saturated heterocycles. The molecule has 0 spiro atoms. The van der Waals surface area contributed by atoms with Gasteiger partial charge in [0, 0.05) is 67.3 Å². The van der Waals surface area contributed by atoms with E-state index < -0.39 is 18.2 Å². The molecule has 0 radical (unpaired) electrons. The van der Waals surface area contributed by atoms with Crippen molar-refractivity contribution in [1.82, 2.24) is 29.7 Å². The van der Waals surface area contributed by atoms with Crippen molar-refractivity contribution >= 4 is 50.7 Å². The number of nitrogens with zero attached hydrogens (tertiary/aromatic N) is 6. The van der Waals surface area contributed by atoms with Crippen molar-refractivity contribution in [3.05, 3.63) is 98.4 Å². The minimum atomic E-state index is -1.40. The van der Waals surface area contributed by atoms with E-state index in [1.54, 1.807) is 37.6 Å². The molecule has 3 aromatic carbocycles. The second-order valence-electron chi connectivity index (χ2n) is 16.0. The number of carboxylic acids is 1. The van der Waals surface area contributed by atoms with Crippen molar-refractivity contribution in [2.24, 2.45) is 0 Å². The van der Waals surface area contributed by atoms with Crippen molar-refractivity contribution < 1.29 is 38.3 Å². The van der Waals surface area contributed by atoms with Crippen LogP contribution >= 0.6 is 34.5 Å². The van der Waals surface area contributed by atoms with E-state index in [1.807, 2.05) is 38.1 Å². The van der Waals surface area contributed by atoms with E-state index in [-0.39, 0.29) is 31.4 Å². The Morgan fingerprint density at radius 1 is 0.937 bits per heavy atom. The first-order valence-electron chi connectivity index (χ1n) is 20.7. The van der Waals surface area contributed by atoms with Crippen LogP contribution in [0.25, 0.3) is 32.7 Å². The average Bonchev–Trinajstić information content (AvgIpc) is 3.64. The van der Waals surface area contributed by atoms with Crippen LogP contribution in [0.15, 0.2) is 61.1 Å². The number of halogens is 2. The van der Waals surface area contributed by atoms with Crippen molar-refractivity contribution in [2.45, 2.75) is 45.0 Å². The highest BCUT2D eigenvalue weighted by Gasteiger charge is 2.35. The second-order valence-corrected chi connectivity index (χ2v) is 17.7. The van der Waals surface area contributed by atoms with E-state index >= 15 is 0 Å². The molecule has 6 aromatic rings. The number of hydrogen-bond donors (Lipinski definition) is 1. The summed E-state index contributed by atoms with van der Waals surface area (Å²) in [4.78, 5) is 38.0. The molecule has 7 heterocycles. The minimum Gasteiger partial charge on any atom is -0.496 e. The minimum absolute atomic E-state index is 0.0628. The van der Waals surface area contributed by atoms with E-state index in [1.165, 1.54) is 17.7 Å². The van der Waals surface area contributed by atoms with E-state index in [2.05, 4.69) is 31.8 Å². The number of carboxylic acid groups (broad SMARTS) is 1. The Labute approximate surface area is 378 Å². The van der Waals surface area contributed by atoms with Crippen molar-refractivity contribution in [3.8, 4) is 51.4 Å². The Kier molecular flexibility index (Phi) is 12.6. The number of methoxy groups -OCH3 is 1. The lowest BCUT2D eigenvalue weighted by Gasteiger charge is -2.35. The fourth-order valence-electron chi connectivity index (χ4n) is 8.20. The van der Waals surface area contributed by atoms with Crippen LogP contribution in [0.4, 0.5) is 0 Å². The fourth-order valence-corrected chi connectivity index (χ4v) is 9.92. The van der Waals surface area contributed by atoms with Crippen LogP contribution < -0.4 is 23.7 Å². The Bertz CT molecular complexity index is 2640. The molecule has 1 N–H and O–H groups in total.